The Morgan fingerprint density at radius 1 is 1.46 bits per heavy atom. The van der Waals surface area contributed by atoms with Crippen molar-refractivity contribution >= 4 is 5.84 Å². The molecular formula is C10H11FN2. The highest BCUT2D eigenvalue weighted by Gasteiger charge is 2.16. The van der Waals surface area contributed by atoms with Crippen molar-refractivity contribution in [2.75, 3.05) is 6.54 Å². The lowest BCUT2D eigenvalue weighted by Gasteiger charge is -2.06. The van der Waals surface area contributed by atoms with Crippen LogP contribution in [0.25, 0.3) is 0 Å². The zero-order chi connectivity index (χ0) is 9.26. The number of nitrogens with one attached hydrogen (secondary N) is 1. The highest BCUT2D eigenvalue weighted by molar-refractivity contribution is 6.00. The average molecular weight is 178 g/mol. The largest absolute Gasteiger partial charge is 0.365 e. The molecule has 0 bridgehead atoms. The molecule has 0 aromatic heterocycles. The third-order valence-corrected chi connectivity index (χ3v) is 2.04. The summed E-state index contributed by atoms with van der Waals surface area (Å²) in [6.07, 6.45) is 0. The average Bonchev–Trinajstić information content (AvgIpc) is 2.53. The molecule has 0 saturated carbocycles. The summed E-state index contributed by atoms with van der Waals surface area (Å²) in [5.41, 5.74) is 0.562. The van der Waals surface area contributed by atoms with Gasteiger partial charge in [0.05, 0.1) is 12.1 Å². The lowest BCUT2D eigenvalue weighted by molar-refractivity contribution is 0.623. The molecule has 1 aliphatic rings. The molecule has 1 aromatic carbocycles. The Labute approximate surface area is 76.5 Å². The third kappa shape index (κ3) is 1.54. The SMILES string of the molecule is CC1CN=C(c2ccccc2F)N1. The topological polar surface area (TPSA) is 24.4 Å². The molecule has 2 nitrogen and oxygen atoms in total. The van der Waals surface area contributed by atoms with E-state index in [0.717, 1.165) is 6.54 Å². The molecular weight excluding hydrogens is 167 g/mol. The summed E-state index contributed by atoms with van der Waals surface area (Å²) in [5.74, 6) is 0.452. The van der Waals surface area contributed by atoms with Gasteiger partial charge in [-0.1, -0.05) is 12.1 Å². The maximum atomic E-state index is 13.2. The summed E-state index contributed by atoms with van der Waals surface area (Å²) in [6.45, 7) is 2.75. The van der Waals surface area contributed by atoms with Crippen LogP contribution in [0, 0.1) is 5.82 Å². The van der Waals surface area contributed by atoms with Gasteiger partial charge in [-0.2, -0.15) is 0 Å². The van der Waals surface area contributed by atoms with Gasteiger partial charge in [-0.15, -0.1) is 0 Å². The zero-order valence-corrected chi connectivity index (χ0v) is 7.42. The van der Waals surface area contributed by atoms with E-state index in [0.29, 0.717) is 17.4 Å². The maximum absolute atomic E-state index is 13.2. The second kappa shape index (κ2) is 3.17. The third-order valence-electron chi connectivity index (χ3n) is 2.04. The normalized spacial score (nSPS) is 21.1. The molecule has 1 heterocycles. The Hall–Kier alpha value is -1.38. The first kappa shape index (κ1) is 8.23. The van der Waals surface area contributed by atoms with Gasteiger partial charge in [0, 0.05) is 6.04 Å². The van der Waals surface area contributed by atoms with E-state index in [-0.39, 0.29) is 5.82 Å². The highest BCUT2D eigenvalue weighted by atomic mass is 19.1. The van der Waals surface area contributed by atoms with E-state index in [9.17, 15) is 4.39 Å². The Kier molecular flexibility index (Phi) is 2.00. The fraction of sp³-hybridized carbons (Fsp3) is 0.300. The molecule has 3 heteroatoms. The first-order valence-electron chi connectivity index (χ1n) is 4.33. The highest BCUT2D eigenvalue weighted by Crippen LogP contribution is 2.10. The number of hydrogen-bond donors (Lipinski definition) is 1. The van der Waals surface area contributed by atoms with Crippen molar-refractivity contribution in [3.63, 3.8) is 0 Å². The molecule has 0 spiro atoms. The molecule has 2 rings (SSSR count). The Morgan fingerprint density at radius 2 is 2.23 bits per heavy atom. The maximum Gasteiger partial charge on any atom is 0.134 e. The molecule has 1 unspecified atom stereocenters. The van der Waals surface area contributed by atoms with Crippen LogP contribution in [0.1, 0.15) is 12.5 Å². The first-order valence-corrected chi connectivity index (χ1v) is 4.33. The second-order valence-corrected chi connectivity index (χ2v) is 3.21. The Morgan fingerprint density at radius 3 is 2.85 bits per heavy atom. The predicted octanol–water partition coefficient (Wildman–Crippen LogP) is 1.56. The second-order valence-electron chi connectivity index (χ2n) is 3.21. The lowest BCUT2D eigenvalue weighted by atomic mass is 10.2. The summed E-state index contributed by atoms with van der Waals surface area (Å²) >= 11 is 0. The number of benzene rings is 1. The van der Waals surface area contributed by atoms with Crippen molar-refractivity contribution in [2.24, 2.45) is 4.99 Å². The number of nitrogens with zero attached hydrogens (tertiary/aromatic N) is 1. The fourth-order valence-electron chi connectivity index (χ4n) is 1.37. The minimum Gasteiger partial charge on any atom is -0.365 e. The zero-order valence-electron chi connectivity index (χ0n) is 7.42. The Balaban J connectivity index is 2.31. The number of halogens is 1. The van der Waals surface area contributed by atoms with Gasteiger partial charge < -0.3 is 5.32 Å². The summed E-state index contributed by atoms with van der Waals surface area (Å²) < 4.78 is 13.2. The quantitative estimate of drug-likeness (QED) is 0.693. The fourth-order valence-corrected chi connectivity index (χ4v) is 1.37. The molecule has 1 aliphatic heterocycles. The van der Waals surface area contributed by atoms with E-state index in [2.05, 4.69) is 10.3 Å². The van der Waals surface area contributed by atoms with Crippen molar-refractivity contribution in [3.05, 3.63) is 35.6 Å². The van der Waals surface area contributed by atoms with Crippen LogP contribution in [0.3, 0.4) is 0 Å². The van der Waals surface area contributed by atoms with E-state index in [1.54, 1.807) is 12.1 Å². The van der Waals surface area contributed by atoms with E-state index < -0.39 is 0 Å². The molecule has 0 aliphatic carbocycles. The van der Waals surface area contributed by atoms with Gasteiger partial charge in [0.1, 0.15) is 11.7 Å². The van der Waals surface area contributed by atoms with Crippen LogP contribution in [0.15, 0.2) is 29.3 Å². The van der Waals surface area contributed by atoms with Crippen LogP contribution in [-0.2, 0) is 0 Å². The van der Waals surface area contributed by atoms with Gasteiger partial charge >= 0.3 is 0 Å². The van der Waals surface area contributed by atoms with Crippen molar-refractivity contribution in [1.82, 2.24) is 5.32 Å². The Bertz CT molecular complexity index is 347. The number of aliphatic imine (C=N–C) groups is 1. The van der Waals surface area contributed by atoms with E-state index in [1.165, 1.54) is 6.07 Å². The minimum absolute atomic E-state index is 0.220. The molecule has 0 saturated heterocycles. The molecule has 68 valence electrons. The van der Waals surface area contributed by atoms with Crippen LogP contribution in [-0.4, -0.2) is 18.4 Å². The monoisotopic (exact) mass is 178 g/mol. The molecule has 1 atom stereocenters. The standard InChI is InChI=1S/C10H11FN2/c1-7-6-12-10(13-7)8-4-2-3-5-9(8)11/h2-5,7H,6H2,1H3,(H,12,13). The molecule has 1 N–H and O–H groups in total. The summed E-state index contributed by atoms with van der Waals surface area (Å²) in [7, 11) is 0. The van der Waals surface area contributed by atoms with Crippen LogP contribution < -0.4 is 5.32 Å². The van der Waals surface area contributed by atoms with E-state index >= 15 is 0 Å². The van der Waals surface area contributed by atoms with Gasteiger partial charge in [-0.25, -0.2) is 4.39 Å². The van der Waals surface area contributed by atoms with Gasteiger partial charge in [0.2, 0.25) is 0 Å². The summed E-state index contributed by atoms with van der Waals surface area (Å²) in [5, 5.41) is 3.12. The number of rotatable bonds is 1. The van der Waals surface area contributed by atoms with Crippen molar-refractivity contribution in [1.29, 1.82) is 0 Å². The number of amidine groups is 1. The molecule has 0 amide bonds. The molecule has 1 aromatic rings. The molecule has 13 heavy (non-hydrogen) atoms. The van der Waals surface area contributed by atoms with Crippen LogP contribution >= 0.6 is 0 Å². The minimum atomic E-state index is -0.220. The lowest BCUT2D eigenvalue weighted by Crippen LogP contribution is -2.28. The van der Waals surface area contributed by atoms with Crippen LogP contribution in [0.4, 0.5) is 4.39 Å². The summed E-state index contributed by atoms with van der Waals surface area (Å²) in [6, 6.07) is 6.99. The molecule has 0 fully saturated rings. The predicted molar refractivity (Wildman–Crippen MR) is 50.4 cm³/mol. The van der Waals surface area contributed by atoms with Crippen LogP contribution in [0.5, 0.6) is 0 Å². The first-order chi connectivity index (χ1) is 6.27. The van der Waals surface area contributed by atoms with Gasteiger partial charge in [-0.05, 0) is 19.1 Å². The van der Waals surface area contributed by atoms with Crippen molar-refractivity contribution in [3.8, 4) is 0 Å². The summed E-state index contributed by atoms with van der Waals surface area (Å²) in [4.78, 5) is 4.21. The molecule has 0 radical (unpaired) electrons. The van der Waals surface area contributed by atoms with E-state index in [1.807, 2.05) is 13.0 Å². The van der Waals surface area contributed by atoms with Gasteiger partial charge in [0.15, 0.2) is 0 Å². The number of hydrogen-bond acceptors (Lipinski definition) is 2. The van der Waals surface area contributed by atoms with Crippen LogP contribution in [0.2, 0.25) is 0 Å². The van der Waals surface area contributed by atoms with Crippen molar-refractivity contribution < 1.29 is 4.39 Å². The van der Waals surface area contributed by atoms with E-state index in [4.69, 9.17) is 0 Å². The van der Waals surface area contributed by atoms with Gasteiger partial charge in [0.25, 0.3) is 0 Å². The smallest absolute Gasteiger partial charge is 0.134 e. The van der Waals surface area contributed by atoms with Gasteiger partial charge in [-0.3, -0.25) is 4.99 Å². The van der Waals surface area contributed by atoms with Crippen molar-refractivity contribution in [2.45, 2.75) is 13.0 Å².